The van der Waals surface area contributed by atoms with Crippen molar-refractivity contribution in [1.82, 2.24) is 29.8 Å². The topological polar surface area (TPSA) is 81.4 Å². The van der Waals surface area contributed by atoms with E-state index >= 15 is 0 Å². The normalized spacial score (nSPS) is 11.6. The van der Waals surface area contributed by atoms with Gasteiger partial charge >= 0.3 is 5.69 Å². The van der Waals surface area contributed by atoms with Gasteiger partial charge in [0, 0.05) is 23.5 Å². The third kappa shape index (κ3) is 5.03. The summed E-state index contributed by atoms with van der Waals surface area (Å²) < 4.78 is 3.93. The highest BCUT2D eigenvalue weighted by Gasteiger charge is 2.18. The summed E-state index contributed by atoms with van der Waals surface area (Å²) in [5, 5.41) is 14.5. The Morgan fingerprint density at radius 1 is 0.912 bits per heavy atom. The van der Waals surface area contributed by atoms with Gasteiger partial charge in [0.2, 0.25) is 5.82 Å². The van der Waals surface area contributed by atoms with Crippen molar-refractivity contribution < 1.29 is 0 Å². The van der Waals surface area contributed by atoms with Gasteiger partial charge in [0.25, 0.3) is 0 Å². The van der Waals surface area contributed by atoms with Gasteiger partial charge in [0.05, 0.1) is 6.54 Å². The number of nitrogens with zero attached hydrogens (tertiary/aromatic N) is 5. The molecule has 4 rings (SSSR count). The van der Waals surface area contributed by atoms with Gasteiger partial charge in [-0.15, -0.1) is 10.2 Å². The fourth-order valence-electron chi connectivity index (χ4n) is 4.42. The third-order valence-electron chi connectivity index (χ3n) is 6.24. The van der Waals surface area contributed by atoms with E-state index in [-0.39, 0.29) is 5.69 Å². The number of aromatic amines is 1. The fraction of sp³-hybridized carbons (Fsp3) is 0.407. The zero-order valence-corrected chi connectivity index (χ0v) is 20.7. The molecule has 4 aromatic rings. The van der Waals surface area contributed by atoms with Crippen LogP contribution in [0.3, 0.4) is 0 Å². The Labute approximate surface area is 200 Å². The number of H-pyrrole nitrogens is 1. The molecule has 0 amide bonds. The number of imidazole rings is 1. The first kappa shape index (κ1) is 23.7. The lowest BCUT2D eigenvalue weighted by molar-refractivity contribution is 0.497. The molecule has 0 aliphatic heterocycles. The molecule has 0 unspecified atom stereocenters. The van der Waals surface area contributed by atoms with Crippen LogP contribution in [0.15, 0.2) is 53.3 Å². The molecule has 178 valence electrons. The molecule has 0 atom stereocenters. The summed E-state index contributed by atoms with van der Waals surface area (Å²) in [5.41, 5.74) is 6.51. The number of benzene rings is 2. The highest BCUT2D eigenvalue weighted by atomic mass is 16.1. The zero-order valence-electron chi connectivity index (χ0n) is 20.7. The van der Waals surface area contributed by atoms with Crippen molar-refractivity contribution in [3.8, 4) is 22.5 Å². The van der Waals surface area contributed by atoms with Gasteiger partial charge in [-0.1, -0.05) is 76.2 Å². The molecule has 0 saturated heterocycles. The molecule has 0 spiro atoms. The minimum absolute atomic E-state index is 0.0940. The van der Waals surface area contributed by atoms with Gasteiger partial charge in [0.1, 0.15) is 0 Å². The van der Waals surface area contributed by atoms with E-state index in [1.54, 1.807) is 0 Å². The van der Waals surface area contributed by atoms with Crippen molar-refractivity contribution in [3.63, 3.8) is 0 Å². The van der Waals surface area contributed by atoms with Crippen LogP contribution in [0.25, 0.3) is 22.5 Å². The SMILES string of the molecule is Cc1c(CCC(C)C)n(Cc2ccc(-c3ccccc3-c3nn[nH]n3)cc2)c(=O)n1CC(C)C. The Morgan fingerprint density at radius 2 is 1.62 bits per heavy atom. The quantitative estimate of drug-likeness (QED) is 0.378. The third-order valence-corrected chi connectivity index (χ3v) is 6.24. The minimum atomic E-state index is 0.0940. The van der Waals surface area contributed by atoms with Crippen LogP contribution < -0.4 is 5.69 Å². The summed E-state index contributed by atoms with van der Waals surface area (Å²) in [6, 6.07) is 16.5. The standard InChI is InChI=1S/C27H34N6O/c1-18(2)10-15-25-20(5)32(16-19(3)4)27(34)33(25)17-21-11-13-22(14-12-21)23-8-6-7-9-24(23)26-28-30-31-29-26/h6-9,11-14,18-19H,10,15-17H2,1-5H3,(H,28,29,30,31). The molecule has 0 fully saturated rings. The molecule has 0 aliphatic rings. The highest BCUT2D eigenvalue weighted by Crippen LogP contribution is 2.30. The second kappa shape index (κ2) is 10.2. The smallest absolute Gasteiger partial charge is 0.296 e. The zero-order chi connectivity index (χ0) is 24.2. The lowest BCUT2D eigenvalue weighted by Gasteiger charge is -2.11. The Morgan fingerprint density at radius 3 is 2.24 bits per heavy atom. The lowest BCUT2D eigenvalue weighted by Crippen LogP contribution is -2.27. The van der Waals surface area contributed by atoms with E-state index in [0.717, 1.165) is 53.0 Å². The Kier molecular flexibility index (Phi) is 7.10. The molecule has 7 nitrogen and oxygen atoms in total. The van der Waals surface area contributed by atoms with E-state index in [9.17, 15) is 4.79 Å². The van der Waals surface area contributed by atoms with E-state index in [1.165, 1.54) is 0 Å². The Bertz CT molecular complexity index is 1280. The number of hydrogen-bond acceptors (Lipinski definition) is 4. The molecule has 2 aromatic carbocycles. The Balaban J connectivity index is 1.65. The first-order valence-corrected chi connectivity index (χ1v) is 12.1. The average molecular weight is 459 g/mol. The molecule has 0 radical (unpaired) electrons. The predicted octanol–water partition coefficient (Wildman–Crippen LogP) is 5.10. The minimum Gasteiger partial charge on any atom is -0.296 e. The Hall–Kier alpha value is -3.48. The maximum absolute atomic E-state index is 13.4. The molecule has 0 saturated carbocycles. The van der Waals surface area contributed by atoms with Crippen LogP contribution in [0.1, 0.15) is 51.1 Å². The summed E-state index contributed by atoms with van der Waals surface area (Å²) >= 11 is 0. The monoisotopic (exact) mass is 458 g/mol. The van der Waals surface area contributed by atoms with Crippen molar-refractivity contribution in [1.29, 1.82) is 0 Å². The van der Waals surface area contributed by atoms with Crippen LogP contribution in [0, 0.1) is 18.8 Å². The molecular formula is C27H34N6O. The van der Waals surface area contributed by atoms with Gasteiger partial charge < -0.3 is 0 Å². The lowest BCUT2D eigenvalue weighted by atomic mass is 9.98. The largest absolute Gasteiger partial charge is 0.328 e. The molecule has 1 N–H and O–H groups in total. The first-order valence-electron chi connectivity index (χ1n) is 12.1. The van der Waals surface area contributed by atoms with Crippen molar-refractivity contribution in [3.05, 3.63) is 76.0 Å². The van der Waals surface area contributed by atoms with E-state index in [1.807, 2.05) is 27.3 Å². The number of nitrogens with one attached hydrogen (secondary N) is 1. The van der Waals surface area contributed by atoms with Crippen LogP contribution in [0.4, 0.5) is 0 Å². The van der Waals surface area contributed by atoms with Crippen molar-refractivity contribution in [2.75, 3.05) is 0 Å². The first-order chi connectivity index (χ1) is 16.3. The molecule has 2 aromatic heterocycles. The fourth-order valence-corrected chi connectivity index (χ4v) is 4.42. The van der Waals surface area contributed by atoms with Gasteiger partial charge in [-0.25, -0.2) is 4.79 Å². The molecule has 34 heavy (non-hydrogen) atoms. The number of hydrogen-bond donors (Lipinski definition) is 1. The van der Waals surface area contributed by atoms with Crippen molar-refractivity contribution in [2.45, 2.75) is 60.5 Å². The summed E-state index contributed by atoms with van der Waals surface area (Å²) in [5.74, 6) is 1.58. The van der Waals surface area contributed by atoms with E-state index < -0.39 is 0 Å². The molecule has 2 heterocycles. The van der Waals surface area contributed by atoms with Crippen LogP contribution >= 0.6 is 0 Å². The van der Waals surface area contributed by atoms with Gasteiger partial charge in [-0.05, 0) is 53.5 Å². The van der Waals surface area contributed by atoms with Crippen LogP contribution in [-0.2, 0) is 19.5 Å². The van der Waals surface area contributed by atoms with Crippen molar-refractivity contribution in [2.24, 2.45) is 11.8 Å². The summed E-state index contributed by atoms with van der Waals surface area (Å²) in [6.45, 7) is 12.2. The maximum Gasteiger partial charge on any atom is 0.328 e. The maximum atomic E-state index is 13.4. The van der Waals surface area contributed by atoms with Crippen molar-refractivity contribution >= 4 is 0 Å². The molecule has 7 heteroatoms. The average Bonchev–Trinajstić information content (AvgIpc) is 3.42. The molecule has 0 bridgehead atoms. The van der Waals surface area contributed by atoms with E-state index in [2.05, 4.69) is 85.6 Å². The number of aromatic nitrogens is 6. The van der Waals surface area contributed by atoms with Gasteiger partial charge in [-0.3, -0.25) is 9.13 Å². The van der Waals surface area contributed by atoms with E-state index in [4.69, 9.17) is 0 Å². The van der Waals surface area contributed by atoms with Gasteiger partial charge in [-0.2, -0.15) is 5.21 Å². The highest BCUT2D eigenvalue weighted by molar-refractivity contribution is 5.80. The molecule has 0 aliphatic carbocycles. The second-order valence-electron chi connectivity index (χ2n) is 9.82. The number of rotatable bonds is 9. The van der Waals surface area contributed by atoms with E-state index in [0.29, 0.717) is 24.2 Å². The van der Waals surface area contributed by atoms with Crippen LogP contribution in [0.5, 0.6) is 0 Å². The van der Waals surface area contributed by atoms with Gasteiger partial charge in [0.15, 0.2) is 0 Å². The second-order valence-corrected chi connectivity index (χ2v) is 9.82. The summed E-state index contributed by atoms with van der Waals surface area (Å²) in [4.78, 5) is 13.4. The summed E-state index contributed by atoms with van der Waals surface area (Å²) in [6.07, 6.45) is 1.98. The van der Waals surface area contributed by atoms with Crippen LogP contribution in [-0.4, -0.2) is 29.8 Å². The molecular weight excluding hydrogens is 424 g/mol. The predicted molar refractivity (Wildman–Crippen MR) is 136 cm³/mol. The number of tetrazole rings is 1. The van der Waals surface area contributed by atoms with Crippen LogP contribution in [0.2, 0.25) is 0 Å². The summed E-state index contributed by atoms with van der Waals surface area (Å²) in [7, 11) is 0.